The first kappa shape index (κ1) is 17.2. The summed E-state index contributed by atoms with van der Waals surface area (Å²) in [5.74, 6) is -0.685. The number of aromatic carboxylic acids is 1. The van der Waals surface area contributed by atoms with Crippen molar-refractivity contribution in [2.24, 2.45) is 0 Å². The number of thiophene rings is 1. The topological polar surface area (TPSA) is 88.5 Å². The first-order chi connectivity index (χ1) is 13.1. The summed E-state index contributed by atoms with van der Waals surface area (Å²) in [4.78, 5) is 29.5. The number of hydrogen-bond acceptors (Lipinski definition) is 5. The van der Waals surface area contributed by atoms with Crippen molar-refractivity contribution in [3.05, 3.63) is 64.1 Å². The highest BCUT2D eigenvalue weighted by Gasteiger charge is 2.34. The highest BCUT2D eigenvalue weighted by molar-refractivity contribution is 7.15. The van der Waals surface area contributed by atoms with Gasteiger partial charge in [-0.2, -0.15) is 0 Å². The van der Waals surface area contributed by atoms with E-state index >= 15 is 0 Å². The Morgan fingerprint density at radius 3 is 2.70 bits per heavy atom. The van der Waals surface area contributed by atoms with Crippen LogP contribution in [0.1, 0.15) is 32.5 Å². The molecule has 0 fully saturated rings. The molecule has 1 aromatic carbocycles. The van der Waals surface area contributed by atoms with Gasteiger partial charge in [-0.3, -0.25) is 9.78 Å². The Labute approximate surface area is 159 Å². The van der Waals surface area contributed by atoms with E-state index in [1.165, 1.54) is 11.3 Å². The molecule has 1 atom stereocenters. The standard InChI is InChI=1S/C20H16N2O4S/c1-26-13-6-4-11(5-7-13)16-17-18(27-19(16)20(24)25)14(9-15(23)22-17)12-3-2-8-21-10-12/h2-8,10,14H,9H2,1H3,(H,22,23)(H,24,25)/t14-/m1/s1. The smallest absolute Gasteiger partial charge is 0.346 e. The number of amides is 1. The van der Waals surface area contributed by atoms with E-state index < -0.39 is 5.97 Å². The lowest BCUT2D eigenvalue weighted by Crippen LogP contribution is -2.22. The van der Waals surface area contributed by atoms with Crippen molar-refractivity contribution in [2.75, 3.05) is 12.4 Å². The Balaban J connectivity index is 1.91. The number of carboxylic acids is 1. The van der Waals surface area contributed by atoms with Gasteiger partial charge in [0.25, 0.3) is 0 Å². The largest absolute Gasteiger partial charge is 0.497 e. The number of anilines is 1. The summed E-state index contributed by atoms with van der Waals surface area (Å²) in [6.07, 6.45) is 3.66. The maximum Gasteiger partial charge on any atom is 0.346 e. The summed E-state index contributed by atoms with van der Waals surface area (Å²) in [6.45, 7) is 0. The van der Waals surface area contributed by atoms with E-state index in [9.17, 15) is 14.7 Å². The Morgan fingerprint density at radius 1 is 1.30 bits per heavy atom. The third-order valence-corrected chi connectivity index (χ3v) is 5.86. The van der Waals surface area contributed by atoms with Crippen LogP contribution < -0.4 is 10.1 Å². The molecule has 0 saturated carbocycles. The van der Waals surface area contributed by atoms with Crippen LogP contribution in [0, 0.1) is 0 Å². The second kappa shape index (κ2) is 6.85. The second-order valence-corrected chi connectivity index (χ2v) is 7.22. The van der Waals surface area contributed by atoms with E-state index in [4.69, 9.17) is 4.74 Å². The summed E-state index contributed by atoms with van der Waals surface area (Å²) in [6, 6.07) is 10.9. The molecule has 7 heteroatoms. The van der Waals surface area contributed by atoms with Crippen LogP contribution in [0.25, 0.3) is 11.1 Å². The molecule has 1 amide bonds. The Hall–Kier alpha value is -3.19. The van der Waals surface area contributed by atoms with Crippen molar-refractivity contribution in [1.29, 1.82) is 0 Å². The quantitative estimate of drug-likeness (QED) is 0.714. The van der Waals surface area contributed by atoms with Gasteiger partial charge >= 0.3 is 5.97 Å². The van der Waals surface area contributed by atoms with Crippen molar-refractivity contribution >= 4 is 28.9 Å². The van der Waals surface area contributed by atoms with Crippen LogP contribution in [-0.2, 0) is 4.79 Å². The molecule has 136 valence electrons. The molecule has 1 aliphatic rings. The van der Waals surface area contributed by atoms with Crippen LogP contribution in [-0.4, -0.2) is 29.1 Å². The van der Waals surface area contributed by atoms with Gasteiger partial charge in [0.1, 0.15) is 10.6 Å². The molecule has 4 rings (SSSR count). The van der Waals surface area contributed by atoms with Crippen LogP contribution in [0.4, 0.5) is 5.69 Å². The molecule has 3 aromatic rings. The number of ether oxygens (including phenoxy) is 1. The van der Waals surface area contributed by atoms with Gasteiger partial charge in [-0.25, -0.2) is 4.79 Å². The molecule has 2 aromatic heterocycles. The van der Waals surface area contributed by atoms with Gasteiger partial charge in [0.15, 0.2) is 0 Å². The number of hydrogen-bond donors (Lipinski definition) is 2. The number of nitrogens with one attached hydrogen (secondary N) is 1. The van der Waals surface area contributed by atoms with Crippen LogP contribution >= 0.6 is 11.3 Å². The molecule has 1 aliphatic heterocycles. The zero-order valence-electron chi connectivity index (χ0n) is 14.4. The van der Waals surface area contributed by atoms with E-state index in [-0.39, 0.29) is 23.1 Å². The monoisotopic (exact) mass is 380 g/mol. The summed E-state index contributed by atoms with van der Waals surface area (Å²) < 4.78 is 5.18. The maximum absolute atomic E-state index is 12.4. The zero-order chi connectivity index (χ0) is 19.0. The van der Waals surface area contributed by atoms with E-state index in [0.717, 1.165) is 16.0 Å². The minimum atomic E-state index is -1.01. The number of aromatic nitrogens is 1. The number of carbonyl (C=O) groups is 2. The third-order valence-electron chi connectivity index (χ3n) is 4.57. The highest BCUT2D eigenvalue weighted by atomic mass is 32.1. The van der Waals surface area contributed by atoms with E-state index in [1.54, 1.807) is 43.8 Å². The highest BCUT2D eigenvalue weighted by Crippen LogP contribution is 2.49. The molecule has 3 heterocycles. The lowest BCUT2D eigenvalue weighted by molar-refractivity contribution is -0.116. The Bertz CT molecular complexity index is 1010. The van der Waals surface area contributed by atoms with Crippen molar-refractivity contribution in [3.63, 3.8) is 0 Å². The summed E-state index contributed by atoms with van der Waals surface area (Å²) in [5, 5.41) is 12.6. The van der Waals surface area contributed by atoms with Crippen LogP contribution in [0.15, 0.2) is 48.8 Å². The second-order valence-electron chi connectivity index (χ2n) is 6.17. The molecular formula is C20H16N2O4S. The fourth-order valence-electron chi connectivity index (χ4n) is 3.32. The molecule has 0 radical (unpaired) electrons. The van der Waals surface area contributed by atoms with Crippen LogP contribution in [0.2, 0.25) is 0 Å². The van der Waals surface area contributed by atoms with E-state index in [2.05, 4.69) is 10.3 Å². The molecule has 27 heavy (non-hydrogen) atoms. The molecule has 0 saturated heterocycles. The number of methoxy groups -OCH3 is 1. The first-order valence-corrected chi connectivity index (χ1v) is 9.14. The number of carbonyl (C=O) groups excluding carboxylic acids is 1. The third kappa shape index (κ3) is 3.06. The fraction of sp³-hybridized carbons (Fsp3) is 0.150. The summed E-state index contributed by atoms with van der Waals surface area (Å²) in [5.41, 5.74) is 2.73. The van der Waals surface area contributed by atoms with Crippen LogP contribution in [0.5, 0.6) is 5.75 Å². The molecule has 0 bridgehead atoms. The minimum Gasteiger partial charge on any atom is -0.497 e. The van der Waals surface area contributed by atoms with Gasteiger partial charge in [0, 0.05) is 35.2 Å². The predicted octanol–water partition coefficient (Wildman–Crippen LogP) is 3.99. The summed E-state index contributed by atoms with van der Waals surface area (Å²) >= 11 is 1.21. The van der Waals surface area contributed by atoms with Crippen molar-refractivity contribution in [1.82, 2.24) is 4.98 Å². The van der Waals surface area contributed by atoms with Gasteiger partial charge in [-0.1, -0.05) is 18.2 Å². The number of fused-ring (bicyclic) bond motifs is 1. The molecule has 0 aliphatic carbocycles. The minimum absolute atomic E-state index is 0.138. The zero-order valence-corrected chi connectivity index (χ0v) is 15.2. The molecular weight excluding hydrogens is 364 g/mol. The normalized spacial score (nSPS) is 15.7. The SMILES string of the molecule is COc1ccc(-c2c(C(=O)O)sc3c2NC(=O)C[C@@H]3c2cccnc2)cc1. The Morgan fingerprint density at radius 2 is 2.07 bits per heavy atom. The number of carboxylic acid groups (broad SMARTS) is 1. The molecule has 2 N–H and O–H groups in total. The molecule has 6 nitrogen and oxygen atoms in total. The molecule has 0 spiro atoms. The van der Waals surface area contributed by atoms with E-state index in [1.807, 2.05) is 12.1 Å². The predicted molar refractivity (Wildman–Crippen MR) is 103 cm³/mol. The number of benzene rings is 1. The first-order valence-electron chi connectivity index (χ1n) is 8.32. The van der Waals surface area contributed by atoms with Gasteiger partial charge in [-0.05, 0) is 29.3 Å². The molecule has 0 unspecified atom stereocenters. The van der Waals surface area contributed by atoms with E-state index in [0.29, 0.717) is 17.0 Å². The van der Waals surface area contributed by atoms with Gasteiger partial charge in [0.05, 0.1) is 12.8 Å². The van der Waals surface area contributed by atoms with Crippen molar-refractivity contribution in [2.45, 2.75) is 12.3 Å². The Kier molecular flexibility index (Phi) is 4.37. The lowest BCUT2D eigenvalue weighted by atomic mass is 9.89. The van der Waals surface area contributed by atoms with Crippen molar-refractivity contribution < 1.29 is 19.4 Å². The average molecular weight is 380 g/mol. The lowest BCUT2D eigenvalue weighted by Gasteiger charge is -2.23. The fourth-order valence-corrected chi connectivity index (χ4v) is 4.57. The van der Waals surface area contributed by atoms with Crippen LogP contribution in [0.3, 0.4) is 0 Å². The number of pyridine rings is 1. The van der Waals surface area contributed by atoms with Gasteiger partial charge in [0.2, 0.25) is 5.91 Å². The maximum atomic E-state index is 12.4. The van der Waals surface area contributed by atoms with Crippen molar-refractivity contribution in [3.8, 4) is 16.9 Å². The summed E-state index contributed by atoms with van der Waals surface area (Å²) in [7, 11) is 1.57. The number of rotatable bonds is 4. The number of nitrogens with zero attached hydrogens (tertiary/aromatic N) is 1. The van der Waals surface area contributed by atoms with Gasteiger partial charge in [-0.15, -0.1) is 11.3 Å². The average Bonchev–Trinajstić information content (AvgIpc) is 3.07. The van der Waals surface area contributed by atoms with Gasteiger partial charge < -0.3 is 15.2 Å².